The number of aromatic nitrogens is 4. The Morgan fingerprint density at radius 3 is 2.53 bits per heavy atom. The van der Waals surface area contributed by atoms with E-state index in [1.807, 2.05) is 6.07 Å². The Balaban J connectivity index is 1.35. The third kappa shape index (κ3) is 5.60. The number of hydrogen-bond donors (Lipinski definition) is 4. The number of nitrogens with one attached hydrogen (secondary N) is 3. The maximum absolute atomic E-state index is 13.1. The number of hydrogen-bond acceptors (Lipinski definition) is 7. The van der Waals surface area contributed by atoms with E-state index in [-0.39, 0.29) is 28.8 Å². The van der Waals surface area contributed by atoms with Gasteiger partial charge in [0.25, 0.3) is 5.91 Å². The van der Waals surface area contributed by atoms with Crippen LogP contribution in [-0.4, -0.2) is 65.8 Å². The first kappa shape index (κ1) is 25.6. The lowest BCUT2D eigenvalue weighted by atomic mass is 9.89. The number of nitrogens with zero attached hydrogens (tertiary/aromatic N) is 5. The number of rotatable bonds is 8. The van der Waals surface area contributed by atoms with Crippen molar-refractivity contribution in [3.05, 3.63) is 41.4 Å². The molecule has 2 aliphatic carbocycles. The van der Waals surface area contributed by atoms with Crippen molar-refractivity contribution in [3.8, 4) is 12.3 Å². The zero-order valence-corrected chi connectivity index (χ0v) is 21.6. The van der Waals surface area contributed by atoms with Crippen molar-refractivity contribution in [1.82, 2.24) is 24.5 Å². The number of carboxylic acid groups (broad SMARTS) is 1. The first-order chi connectivity index (χ1) is 18.3. The average molecular weight is 537 g/mol. The van der Waals surface area contributed by atoms with E-state index in [1.165, 1.54) is 21.8 Å². The minimum absolute atomic E-state index is 0.0986. The van der Waals surface area contributed by atoms with Crippen molar-refractivity contribution in [1.29, 1.82) is 0 Å². The van der Waals surface area contributed by atoms with E-state index < -0.39 is 12.1 Å². The molecule has 0 aliphatic heterocycles. The molecule has 2 fully saturated rings. The summed E-state index contributed by atoms with van der Waals surface area (Å²) >= 11 is 5.95. The molecule has 3 aromatic heterocycles. The van der Waals surface area contributed by atoms with Crippen LogP contribution in [0.4, 0.5) is 22.0 Å². The molecule has 2 amide bonds. The number of imidazole rings is 1. The molecule has 38 heavy (non-hydrogen) atoms. The fourth-order valence-electron chi connectivity index (χ4n) is 4.85. The van der Waals surface area contributed by atoms with Crippen molar-refractivity contribution in [2.45, 2.75) is 69.6 Å². The van der Waals surface area contributed by atoms with Crippen molar-refractivity contribution < 1.29 is 14.7 Å². The van der Waals surface area contributed by atoms with Crippen LogP contribution in [0.1, 0.15) is 55.9 Å². The summed E-state index contributed by atoms with van der Waals surface area (Å²) in [5, 5.41) is 24.4. The first-order valence-electron chi connectivity index (χ1n) is 12.6. The minimum Gasteiger partial charge on any atom is -0.465 e. The maximum Gasteiger partial charge on any atom is 0.408 e. The molecule has 3 aromatic rings. The van der Waals surface area contributed by atoms with Gasteiger partial charge in [0.15, 0.2) is 11.3 Å². The molecule has 1 unspecified atom stereocenters. The maximum atomic E-state index is 13.1. The van der Waals surface area contributed by atoms with E-state index in [0.29, 0.717) is 36.0 Å². The van der Waals surface area contributed by atoms with Crippen LogP contribution in [0.5, 0.6) is 0 Å². The molecule has 2 aliphatic rings. The number of carbonyl (C=O) groups excluding carboxylic acids is 1. The molecule has 3 heterocycles. The highest BCUT2D eigenvalue weighted by Crippen LogP contribution is 2.31. The van der Waals surface area contributed by atoms with Gasteiger partial charge in [-0.25, -0.2) is 19.3 Å². The Morgan fingerprint density at radius 2 is 1.87 bits per heavy atom. The summed E-state index contributed by atoms with van der Waals surface area (Å²) in [5.74, 6) is 2.76. The van der Waals surface area contributed by atoms with Crippen LogP contribution in [0.15, 0.2) is 30.6 Å². The Labute approximate surface area is 225 Å². The Kier molecular flexibility index (Phi) is 7.24. The quantitative estimate of drug-likeness (QED) is 0.247. The topological polar surface area (TPSA) is 137 Å². The second-order valence-electron chi connectivity index (χ2n) is 9.74. The number of terminal acetylenes is 1. The molecule has 4 N–H and O–H groups in total. The largest absolute Gasteiger partial charge is 0.465 e. The molecule has 198 valence electrons. The van der Waals surface area contributed by atoms with E-state index >= 15 is 0 Å². The van der Waals surface area contributed by atoms with Gasteiger partial charge in [0.1, 0.15) is 11.0 Å². The highest BCUT2D eigenvalue weighted by molar-refractivity contribution is 6.29. The highest BCUT2D eigenvalue weighted by atomic mass is 35.5. The monoisotopic (exact) mass is 536 g/mol. The van der Waals surface area contributed by atoms with Crippen molar-refractivity contribution >= 4 is 46.4 Å². The van der Waals surface area contributed by atoms with Crippen LogP contribution in [0, 0.1) is 12.3 Å². The number of fused-ring (bicyclic) bond motifs is 1. The SMILES string of the molecule is C#CC(C)N(C(=O)O)[C@H]1CC[C@H](Nc2cc(NC3CC3)c3ncc(C(=O)Nc4ccnc(Cl)c4)n3n2)CC1. The Bertz CT molecular complexity index is 1390. The van der Waals surface area contributed by atoms with Crippen LogP contribution in [0.25, 0.3) is 5.65 Å². The molecule has 0 radical (unpaired) electrons. The summed E-state index contributed by atoms with van der Waals surface area (Å²) in [6, 6.07) is 5.01. The van der Waals surface area contributed by atoms with E-state index in [0.717, 1.165) is 31.4 Å². The lowest BCUT2D eigenvalue weighted by Gasteiger charge is -2.37. The third-order valence-corrected chi connectivity index (χ3v) is 7.15. The van der Waals surface area contributed by atoms with Gasteiger partial charge >= 0.3 is 6.09 Å². The van der Waals surface area contributed by atoms with Gasteiger partial charge in [0.05, 0.1) is 17.9 Å². The zero-order valence-electron chi connectivity index (χ0n) is 20.9. The smallest absolute Gasteiger partial charge is 0.408 e. The normalized spacial score (nSPS) is 19.8. The van der Waals surface area contributed by atoms with E-state index in [2.05, 4.69) is 31.8 Å². The van der Waals surface area contributed by atoms with Crippen molar-refractivity contribution in [3.63, 3.8) is 0 Å². The summed E-state index contributed by atoms with van der Waals surface area (Å²) < 4.78 is 1.54. The van der Waals surface area contributed by atoms with Gasteiger partial charge in [0.2, 0.25) is 0 Å². The number of anilines is 3. The lowest BCUT2D eigenvalue weighted by molar-refractivity contribution is 0.0997. The van der Waals surface area contributed by atoms with Crippen molar-refractivity contribution in [2.24, 2.45) is 0 Å². The van der Waals surface area contributed by atoms with Crippen LogP contribution in [-0.2, 0) is 0 Å². The van der Waals surface area contributed by atoms with E-state index in [9.17, 15) is 14.7 Å². The Morgan fingerprint density at radius 1 is 1.16 bits per heavy atom. The van der Waals surface area contributed by atoms with E-state index in [4.69, 9.17) is 23.1 Å². The fraction of sp³-hybridized carbons (Fsp3) is 0.423. The molecule has 0 spiro atoms. The van der Waals surface area contributed by atoms with Crippen LogP contribution in [0.3, 0.4) is 0 Å². The predicted octanol–water partition coefficient (Wildman–Crippen LogP) is 4.33. The molecular formula is C26H29ClN8O3. The molecule has 1 atom stereocenters. The second kappa shape index (κ2) is 10.8. The summed E-state index contributed by atoms with van der Waals surface area (Å²) in [4.78, 5) is 34.7. The molecule has 5 rings (SSSR count). The average Bonchev–Trinajstić information content (AvgIpc) is 3.60. The number of pyridine rings is 1. The molecule has 12 heteroatoms. The number of carbonyl (C=O) groups is 2. The Hall–Kier alpha value is -4.04. The van der Waals surface area contributed by atoms with Crippen molar-refractivity contribution in [2.75, 3.05) is 16.0 Å². The molecule has 2 saturated carbocycles. The van der Waals surface area contributed by atoms with Gasteiger partial charge in [0, 0.05) is 36.1 Å². The van der Waals surface area contributed by atoms with Gasteiger partial charge in [-0.3, -0.25) is 9.69 Å². The van der Waals surface area contributed by atoms with Crippen LogP contribution >= 0.6 is 11.6 Å². The number of halogens is 1. The standard InChI is InChI=1S/C26H29ClN8O3/c1-3-15(2)34(26(37)38)19-8-6-17(7-9-19)31-23-13-20(30-16-4-5-16)24-29-14-21(35(24)33-23)25(36)32-18-10-11-28-22(27)12-18/h1,10-17,19,30H,4-9H2,2H3,(H,31,33)(H,37,38)(H,28,32,36)/t15?,17-,19-. The highest BCUT2D eigenvalue weighted by Gasteiger charge is 2.32. The van der Waals surface area contributed by atoms with Gasteiger partial charge < -0.3 is 21.1 Å². The predicted molar refractivity (Wildman–Crippen MR) is 145 cm³/mol. The summed E-state index contributed by atoms with van der Waals surface area (Å²) in [6.07, 6.45) is 12.6. The van der Waals surface area contributed by atoms with Gasteiger partial charge in [-0.05, 0) is 57.6 Å². The molecule has 0 aromatic carbocycles. The minimum atomic E-state index is -0.991. The van der Waals surface area contributed by atoms with E-state index in [1.54, 1.807) is 19.1 Å². The number of amides is 2. The van der Waals surface area contributed by atoms with Gasteiger partial charge in [-0.15, -0.1) is 11.5 Å². The summed E-state index contributed by atoms with van der Waals surface area (Å²) in [7, 11) is 0. The zero-order chi connectivity index (χ0) is 26.8. The molecule has 11 nitrogen and oxygen atoms in total. The van der Waals surface area contributed by atoms with Gasteiger partial charge in [-0.2, -0.15) is 0 Å². The fourth-order valence-corrected chi connectivity index (χ4v) is 5.02. The summed E-state index contributed by atoms with van der Waals surface area (Å²) in [5.41, 5.74) is 2.15. The second-order valence-corrected chi connectivity index (χ2v) is 10.1. The first-order valence-corrected chi connectivity index (χ1v) is 13.0. The lowest BCUT2D eigenvalue weighted by Crippen LogP contribution is -2.47. The van der Waals surface area contributed by atoms with Crippen LogP contribution in [0.2, 0.25) is 5.15 Å². The third-order valence-electron chi connectivity index (χ3n) is 6.94. The molecule has 0 bridgehead atoms. The van der Waals surface area contributed by atoms with Crippen LogP contribution < -0.4 is 16.0 Å². The van der Waals surface area contributed by atoms with Gasteiger partial charge in [-0.1, -0.05) is 17.5 Å². The molecular weight excluding hydrogens is 508 g/mol. The molecule has 0 saturated heterocycles. The summed E-state index contributed by atoms with van der Waals surface area (Å²) in [6.45, 7) is 1.73.